The van der Waals surface area contributed by atoms with Crippen LogP contribution >= 0.6 is 0 Å². The van der Waals surface area contributed by atoms with Crippen molar-refractivity contribution in [2.45, 2.75) is 58.5 Å². The van der Waals surface area contributed by atoms with Crippen LogP contribution in [0.5, 0.6) is 0 Å². The maximum Gasteiger partial charge on any atom is 0.248 e. The zero-order valence-corrected chi connectivity index (χ0v) is 11.6. The lowest BCUT2D eigenvalue weighted by Gasteiger charge is -2.31. The number of fused-ring (bicyclic) bond motifs is 1. The van der Waals surface area contributed by atoms with Gasteiger partial charge in [-0.2, -0.15) is 0 Å². The van der Waals surface area contributed by atoms with Crippen molar-refractivity contribution >= 4 is 5.78 Å². The fourth-order valence-electron chi connectivity index (χ4n) is 3.58. The van der Waals surface area contributed by atoms with Crippen LogP contribution in [-0.4, -0.2) is 35.2 Å². The smallest absolute Gasteiger partial charge is 0.248 e. The Morgan fingerprint density at radius 1 is 1.22 bits per heavy atom. The van der Waals surface area contributed by atoms with E-state index in [1.807, 2.05) is 27.7 Å². The Bertz CT molecular complexity index is 341. The highest BCUT2D eigenvalue weighted by Crippen LogP contribution is 2.50. The first-order valence-corrected chi connectivity index (χ1v) is 6.90. The molecule has 1 saturated heterocycles. The fraction of sp³-hybridized carbons (Fsp3) is 0.929. The lowest BCUT2D eigenvalue weighted by Crippen LogP contribution is -2.45. The van der Waals surface area contributed by atoms with Crippen LogP contribution < -0.4 is 0 Å². The van der Waals surface area contributed by atoms with Crippen molar-refractivity contribution in [3.63, 3.8) is 0 Å². The van der Waals surface area contributed by atoms with E-state index in [-0.39, 0.29) is 48.5 Å². The molecule has 1 unspecified atom stereocenters. The number of alkyl halides is 2. The summed E-state index contributed by atoms with van der Waals surface area (Å²) in [7, 11) is 0. The van der Waals surface area contributed by atoms with Crippen molar-refractivity contribution < 1.29 is 13.6 Å². The van der Waals surface area contributed by atoms with E-state index in [1.54, 1.807) is 0 Å². The predicted octanol–water partition coefficient (Wildman–Crippen LogP) is 2.97. The number of nitrogens with zero attached hydrogens (tertiary/aromatic N) is 1. The number of Topliss-reactive ketones (excluding diaryl/α,β-unsaturated/α-hetero) is 1. The van der Waals surface area contributed by atoms with E-state index >= 15 is 0 Å². The van der Waals surface area contributed by atoms with Crippen molar-refractivity contribution in [3.8, 4) is 0 Å². The Balaban J connectivity index is 2.23. The monoisotopic (exact) mass is 259 g/mol. The standard InChI is InChI=1S/C14H23F2NO/c1-8(2)13(18)12-11-6-14(15,16)5-10(11)7-17(12)9(3)4/h8-12H,5-7H2,1-4H3/t10-,11-,12?/m0/s1. The number of likely N-dealkylation sites (tertiary alicyclic amines) is 1. The Morgan fingerprint density at radius 3 is 2.33 bits per heavy atom. The van der Waals surface area contributed by atoms with Gasteiger partial charge in [-0.25, -0.2) is 8.78 Å². The number of ketones is 1. The van der Waals surface area contributed by atoms with E-state index in [2.05, 4.69) is 4.90 Å². The van der Waals surface area contributed by atoms with Crippen LogP contribution in [0.15, 0.2) is 0 Å². The molecule has 4 heteroatoms. The van der Waals surface area contributed by atoms with Gasteiger partial charge in [0.1, 0.15) is 0 Å². The summed E-state index contributed by atoms with van der Waals surface area (Å²) >= 11 is 0. The number of carbonyl (C=O) groups is 1. The molecule has 3 atom stereocenters. The van der Waals surface area contributed by atoms with Gasteiger partial charge in [-0.1, -0.05) is 13.8 Å². The molecule has 0 bridgehead atoms. The summed E-state index contributed by atoms with van der Waals surface area (Å²) in [5.41, 5.74) is 0. The average Bonchev–Trinajstić information content (AvgIpc) is 2.68. The Labute approximate surface area is 108 Å². The van der Waals surface area contributed by atoms with Crippen molar-refractivity contribution in [1.29, 1.82) is 0 Å². The Morgan fingerprint density at radius 2 is 1.83 bits per heavy atom. The Kier molecular flexibility index (Phi) is 3.52. The minimum Gasteiger partial charge on any atom is -0.298 e. The van der Waals surface area contributed by atoms with Gasteiger partial charge >= 0.3 is 0 Å². The van der Waals surface area contributed by atoms with Crippen LogP contribution in [-0.2, 0) is 4.79 Å². The molecule has 1 aliphatic carbocycles. The number of hydrogen-bond acceptors (Lipinski definition) is 2. The molecule has 104 valence electrons. The molecule has 0 spiro atoms. The van der Waals surface area contributed by atoms with Crippen LogP contribution in [0.1, 0.15) is 40.5 Å². The van der Waals surface area contributed by atoms with Gasteiger partial charge in [-0.05, 0) is 25.7 Å². The predicted molar refractivity (Wildman–Crippen MR) is 66.6 cm³/mol. The second kappa shape index (κ2) is 4.55. The average molecular weight is 259 g/mol. The molecule has 0 radical (unpaired) electrons. The zero-order chi connectivity index (χ0) is 13.7. The number of carbonyl (C=O) groups excluding carboxylic acids is 1. The third kappa shape index (κ3) is 2.31. The van der Waals surface area contributed by atoms with Crippen molar-refractivity contribution in [3.05, 3.63) is 0 Å². The van der Waals surface area contributed by atoms with Gasteiger partial charge in [-0.15, -0.1) is 0 Å². The molecule has 0 aromatic heterocycles. The summed E-state index contributed by atoms with van der Waals surface area (Å²) in [6, 6.07) is -0.0414. The second-order valence-corrected chi connectivity index (χ2v) is 6.48. The third-order valence-corrected chi connectivity index (χ3v) is 4.43. The molecule has 2 rings (SSSR count). The molecule has 1 saturated carbocycles. The highest BCUT2D eigenvalue weighted by atomic mass is 19.3. The summed E-state index contributed by atoms with van der Waals surface area (Å²) in [5.74, 6) is -2.65. The van der Waals surface area contributed by atoms with Gasteiger partial charge in [0.2, 0.25) is 5.92 Å². The van der Waals surface area contributed by atoms with Gasteiger partial charge in [0.05, 0.1) is 6.04 Å². The van der Waals surface area contributed by atoms with Gasteiger partial charge in [-0.3, -0.25) is 9.69 Å². The van der Waals surface area contributed by atoms with E-state index in [4.69, 9.17) is 0 Å². The molecule has 0 N–H and O–H groups in total. The maximum absolute atomic E-state index is 13.5. The maximum atomic E-state index is 13.5. The van der Waals surface area contributed by atoms with Crippen molar-refractivity contribution in [2.24, 2.45) is 17.8 Å². The molecule has 1 aliphatic heterocycles. The lowest BCUT2D eigenvalue weighted by molar-refractivity contribution is -0.128. The van der Waals surface area contributed by atoms with Crippen LogP contribution in [0.2, 0.25) is 0 Å². The molecule has 1 heterocycles. The van der Waals surface area contributed by atoms with Crippen LogP contribution in [0.4, 0.5) is 8.78 Å². The molecular formula is C14H23F2NO. The molecule has 2 aliphatic rings. The molecule has 2 fully saturated rings. The quantitative estimate of drug-likeness (QED) is 0.776. The van der Waals surface area contributed by atoms with Crippen molar-refractivity contribution in [2.75, 3.05) is 6.54 Å². The summed E-state index contributed by atoms with van der Waals surface area (Å²) in [5, 5.41) is 0. The van der Waals surface area contributed by atoms with E-state index in [0.717, 1.165) is 0 Å². The first-order chi connectivity index (χ1) is 8.23. The van der Waals surface area contributed by atoms with Crippen molar-refractivity contribution in [1.82, 2.24) is 4.90 Å². The summed E-state index contributed by atoms with van der Waals surface area (Å²) < 4.78 is 27.0. The molecule has 2 nitrogen and oxygen atoms in total. The first-order valence-electron chi connectivity index (χ1n) is 6.90. The summed E-state index contributed by atoms with van der Waals surface area (Å²) in [4.78, 5) is 14.5. The molecule has 0 amide bonds. The lowest BCUT2D eigenvalue weighted by atomic mass is 9.87. The van der Waals surface area contributed by atoms with Gasteiger partial charge in [0.25, 0.3) is 0 Å². The highest BCUT2D eigenvalue weighted by Gasteiger charge is 2.56. The topological polar surface area (TPSA) is 20.3 Å². The van der Waals surface area contributed by atoms with Crippen LogP contribution in [0, 0.1) is 17.8 Å². The van der Waals surface area contributed by atoms with Crippen LogP contribution in [0.3, 0.4) is 0 Å². The summed E-state index contributed by atoms with van der Waals surface area (Å²) in [6.07, 6.45) is -0.146. The zero-order valence-electron chi connectivity index (χ0n) is 11.6. The number of halogens is 2. The molecule has 0 aromatic carbocycles. The van der Waals surface area contributed by atoms with Gasteiger partial charge in [0, 0.05) is 31.3 Å². The van der Waals surface area contributed by atoms with Crippen LogP contribution in [0.25, 0.3) is 0 Å². The summed E-state index contributed by atoms with van der Waals surface area (Å²) in [6.45, 7) is 8.46. The van der Waals surface area contributed by atoms with E-state index < -0.39 is 5.92 Å². The SMILES string of the molecule is CC(C)C(=O)C1[C@H]2CC(F)(F)C[C@H]2CN1C(C)C. The molecule has 18 heavy (non-hydrogen) atoms. The first kappa shape index (κ1) is 13.9. The number of rotatable bonds is 3. The number of hydrogen-bond donors (Lipinski definition) is 0. The highest BCUT2D eigenvalue weighted by molar-refractivity contribution is 5.86. The normalized spacial score (nSPS) is 35.4. The second-order valence-electron chi connectivity index (χ2n) is 6.48. The Hall–Kier alpha value is -0.510. The molecule has 0 aromatic rings. The minimum absolute atomic E-state index is 0.00454. The van der Waals surface area contributed by atoms with E-state index in [9.17, 15) is 13.6 Å². The fourth-order valence-corrected chi connectivity index (χ4v) is 3.58. The largest absolute Gasteiger partial charge is 0.298 e. The van der Waals surface area contributed by atoms with E-state index in [0.29, 0.717) is 6.54 Å². The van der Waals surface area contributed by atoms with E-state index in [1.165, 1.54) is 0 Å². The van der Waals surface area contributed by atoms with Gasteiger partial charge < -0.3 is 0 Å². The molecular weight excluding hydrogens is 236 g/mol. The van der Waals surface area contributed by atoms with Gasteiger partial charge in [0.15, 0.2) is 5.78 Å². The minimum atomic E-state index is -2.56. The third-order valence-electron chi connectivity index (χ3n) is 4.43.